The number of amides is 2. The molecule has 0 aromatic heterocycles. The molecule has 2 saturated heterocycles. The summed E-state index contributed by atoms with van der Waals surface area (Å²) in [4.78, 5) is 35.2. The molecule has 0 spiro atoms. The van der Waals surface area contributed by atoms with Crippen molar-refractivity contribution in [3.05, 3.63) is 40.6 Å². The van der Waals surface area contributed by atoms with Gasteiger partial charge in [0.2, 0.25) is 0 Å². The highest BCUT2D eigenvalue weighted by Crippen LogP contribution is 2.34. The van der Waals surface area contributed by atoms with Crippen LogP contribution >= 0.6 is 0 Å². The summed E-state index contributed by atoms with van der Waals surface area (Å²) in [5.74, 6) is -0.353. The van der Waals surface area contributed by atoms with E-state index in [9.17, 15) is 14.7 Å². The predicted octanol–water partition coefficient (Wildman–Crippen LogP) is 0.716. The van der Waals surface area contributed by atoms with Crippen LogP contribution in [0.1, 0.15) is 23.1 Å². The van der Waals surface area contributed by atoms with Crippen LogP contribution in [0.3, 0.4) is 0 Å². The lowest BCUT2D eigenvalue weighted by atomic mass is 9.97. The first-order valence-corrected chi connectivity index (χ1v) is 12.1. The van der Waals surface area contributed by atoms with Gasteiger partial charge in [0.05, 0.1) is 25.4 Å². The van der Waals surface area contributed by atoms with Gasteiger partial charge in [-0.3, -0.25) is 24.3 Å². The maximum atomic E-state index is 13.6. The van der Waals surface area contributed by atoms with Gasteiger partial charge >= 0.3 is 0 Å². The van der Waals surface area contributed by atoms with Gasteiger partial charge in [0, 0.05) is 58.9 Å². The van der Waals surface area contributed by atoms with Crippen LogP contribution in [0.15, 0.2) is 23.9 Å². The van der Waals surface area contributed by atoms with Crippen molar-refractivity contribution in [1.82, 2.24) is 19.6 Å². The molecule has 8 nitrogen and oxygen atoms in total. The van der Waals surface area contributed by atoms with Gasteiger partial charge in [0.1, 0.15) is 5.70 Å². The zero-order valence-corrected chi connectivity index (χ0v) is 19.9. The topological polar surface area (TPSA) is 76.6 Å². The Morgan fingerprint density at radius 3 is 2.24 bits per heavy atom. The summed E-state index contributed by atoms with van der Waals surface area (Å²) in [6.07, 6.45) is 0.759. The number of carbonyl (C=O) groups is 2. The highest BCUT2D eigenvalue weighted by atomic mass is 16.5. The van der Waals surface area contributed by atoms with E-state index in [2.05, 4.69) is 20.8 Å². The van der Waals surface area contributed by atoms with E-state index in [1.165, 1.54) is 4.90 Å². The second-order valence-electron chi connectivity index (χ2n) is 9.16. The maximum Gasteiger partial charge on any atom is 0.277 e. The van der Waals surface area contributed by atoms with E-state index in [1.54, 1.807) is 0 Å². The van der Waals surface area contributed by atoms with E-state index < -0.39 is 0 Å². The van der Waals surface area contributed by atoms with E-state index >= 15 is 0 Å². The normalized spacial score (nSPS) is 20.9. The maximum absolute atomic E-state index is 13.6. The average molecular weight is 457 g/mol. The number of hydrogen-bond acceptors (Lipinski definition) is 7. The van der Waals surface area contributed by atoms with E-state index in [4.69, 9.17) is 4.74 Å². The minimum absolute atomic E-state index is 0.130. The first kappa shape index (κ1) is 23.9. The summed E-state index contributed by atoms with van der Waals surface area (Å²) in [5, 5.41) is 9.25. The minimum atomic E-state index is -0.179. The van der Waals surface area contributed by atoms with Crippen molar-refractivity contribution < 1.29 is 19.4 Å². The standard InChI is InChI=1S/C25H36N4O4/c1-19-4-5-21(20(2)18-19)22-23(28-10-8-27(9-11-28)12-15-30)25(32)29(24(22)31)7-3-6-26-13-16-33-17-14-26/h4-5,18,30H,3,6-17H2,1-2H3. The highest BCUT2D eigenvalue weighted by molar-refractivity contribution is 6.35. The van der Waals surface area contributed by atoms with Crippen molar-refractivity contribution in [1.29, 1.82) is 0 Å². The molecule has 0 atom stereocenters. The molecule has 180 valence electrons. The Balaban J connectivity index is 1.55. The summed E-state index contributed by atoms with van der Waals surface area (Å²) in [6.45, 7) is 12.2. The molecule has 4 rings (SSSR count). The molecule has 1 aromatic rings. The smallest absolute Gasteiger partial charge is 0.277 e. The number of nitrogens with zero attached hydrogens (tertiary/aromatic N) is 4. The Hall–Kier alpha value is -2.26. The molecule has 3 aliphatic rings. The van der Waals surface area contributed by atoms with Crippen molar-refractivity contribution in [2.75, 3.05) is 78.7 Å². The molecule has 1 N–H and O–H groups in total. The van der Waals surface area contributed by atoms with Crippen LogP contribution in [0.4, 0.5) is 0 Å². The number of β-amino-alcohol motifs (C(OH)–C–C–N with tert-alkyl or cyclic N) is 1. The van der Waals surface area contributed by atoms with Gasteiger partial charge in [0.15, 0.2) is 0 Å². The predicted molar refractivity (Wildman–Crippen MR) is 127 cm³/mol. The van der Waals surface area contributed by atoms with Gasteiger partial charge in [-0.1, -0.05) is 23.8 Å². The Labute approximate surface area is 196 Å². The number of aliphatic hydroxyl groups excluding tert-OH is 1. The van der Waals surface area contributed by atoms with Gasteiger partial charge in [-0.25, -0.2) is 0 Å². The lowest BCUT2D eigenvalue weighted by molar-refractivity contribution is -0.137. The molecule has 1 aromatic carbocycles. The second-order valence-corrected chi connectivity index (χ2v) is 9.16. The van der Waals surface area contributed by atoms with Gasteiger partial charge in [-0.15, -0.1) is 0 Å². The van der Waals surface area contributed by atoms with E-state index in [0.29, 0.717) is 37.4 Å². The van der Waals surface area contributed by atoms with Gasteiger partial charge in [0.25, 0.3) is 11.8 Å². The number of imide groups is 1. The van der Waals surface area contributed by atoms with Gasteiger partial charge in [-0.05, 0) is 31.4 Å². The number of rotatable bonds is 8. The molecule has 3 aliphatic heterocycles. The summed E-state index contributed by atoms with van der Waals surface area (Å²) in [5.41, 5.74) is 4.08. The zero-order chi connectivity index (χ0) is 23.4. The third-order valence-corrected chi connectivity index (χ3v) is 6.86. The van der Waals surface area contributed by atoms with Gasteiger partial charge in [-0.2, -0.15) is 0 Å². The molecular formula is C25H36N4O4. The lowest BCUT2D eigenvalue weighted by Gasteiger charge is -2.36. The molecule has 2 amide bonds. The molecule has 0 saturated carbocycles. The van der Waals surface area contributed by atoms with Crippen LogP contribution in [-0.2, 0) is 14.3 Å². The number of benzene rings is 1. The molecule has 8 heteroatoms. The quantitative estimate of drug-likeness (QED) is 0.578. The van der Waals surface area contributed by atoms with Crippen molar-refractivity contribution >= 4 is 17.4 Å². The minimum Gasteiger partial charge on any atom is -0.395 e. The fourth-order valence-corrected chi connectivity index (χ4v) is 5.01. The van der Waals surface area contributed by atoms with Gasteiger partial charge < -0.3 is 14.7 Å². The SMILES string of the molecule is Cc1ccc(C2=C(N3CCN(CCO)CC3)C(=O)N(CCCN3CCOCC3)C2=O)c(C)c1. The molecule has 0 unspecified atom stereocenters. The Morgan fingerprint density at radius 1 is 0.879 bits per heavy atom. The number of piperazine rings is 1. The summed E-state index contributed by atoms with van der Waals surface area (Å²) in [6, 6.07) is 6.05. The third-order valence-electron chi connectivity index (χ3n) is 6.86. The van der Waals surface area contributed by atoms with Crippen LogP contribution in [0.25, 0.3) is 5.57 Å². The lowest BCUT2D eigenvalue weighted by Crippen LogP contribution is -2.48. The van der Waals surface area contributed by atoms with E-state index in [-0.39, 0.29) is 18.4 Å². The van der Waals surface area contributed by atoms with Crippen LogP contribution in [0, 0.1) is 13.8 Å². The fourth-order valence-electron chi connectivity index (χ4n) is 5.01. The van der Waals surface area contributed by atoms with Crippen LogP contribution in [0.2, 0.25) is 0 Å². The number of hydrogen-bond donors (Lipinski definition) is 1. The number of carbonyl (C=O) groups excluding carboxylic acids is 2. The second kappa shape index (κ2) is 10.8. The van der Waals surface area contributed by atoms with E-state index in [0.717, 1.165) is 69.0 Å². The number of aliphatic hydroxyl groups is 1. The number of ether oxygens (including phenoxy) is 1. The average Bonchev–Trinajstić information content (AvgIpc) is 3.05. The molecule has 0 aliphatic carbocycles. The Bertz CT molecular complexity index is 902. The number of morpholine rings is 1. The van der Waals surface area contributed by atoms with Crippen LogP contribution in [0.5, 0.6) is 0 Å². The molecule has 2 fully saturated rings. The summed E-state index contributed by atoms with van der Waals surface area (Å²) in [7, 11) is 0. The van der Waals surface area contributed by atoms with Crippen molar-refractivity contribution in [2.45, 2.75) is 20.3 Å². The number of aryl methyl sites for hydroxylation is 2. The molecule has 0 bridgehead atoms. The molecule has 0 radical (unpaired) electrons. The first-order chi connectivity index (χ1) is 16.0. The third kappa shape index (κ3) is 5.30. The fraction of sp³-hybridized carbons (Fsp3) is 0.600. The van der Waals surface area contributed by atoms with E-state index in [1.807, 2.05) is 26.0 Å². The largest absolute Gasteiger partial charge is 0.395 e. The summed E-state index contributed by atoms with van der Waals surface area (Å²) >= 11 is 0. The van der Waals surface area contributed by atoms with Crippen LogP contribution < -0.4 is 0 Å². The Morgan fingerprint density at radius 2 is 1.58 bits per heavy atom. The Kier molecular flexibility index (Phi) is 7.80. The molecular weight excluding hydrogens is 420 g/mol. The van der Waals surface area contributed by atoms with Crippen molar-refractivity contribution in [3.63, 3.8) is 0 Å². The van der Waals surface area contributed by atoms with Crippen LogP contribution in [-0.4, -0.2) is 115 Å². The van der Waals surface area contributed by atoms with Crippen molar-refractivity contribution in [3.8, 4) is 0 Å². The molecule has 3 heterocycles. The van der Waals surface area contributed by atoms with Crippen molar-refractivity contribution in [2.24, 2.45) is 0 Å². The molecule has 33 heavy (non-hydrogen) atoms. The highest BCUT2D eigenvalue weighted by Gasteiger charge is 2.42. The first-order valence-electron chi connectivity index (χ1n) is 12.1. The monoisotopic (exact) mass is 456 g/mol. The zero-order valence-electron chi connectivity index (χ0n) is 19.9. The summed E-state index contributed by atoms with van der Waals surface area (Å²) < 4.78 is 5.41.